The van der Waals surface area contributed by atoms with Gasteiger partial charge in [-0.05, 0) is 38.6 Å². The molecule has 2 rings (SSSR count). The van der Waals surface area contributed by atoms with Crippen LogP contribution in [0.1, 0.15) is 27.2 Å². The van der Waals surface area contributed by atoms with Gasteiger partial charge in [0.2, 0.25) is 0 Å². The van der Waals surface area contributed by atoms with Crippen LogP contribution in [0.3, 0.4) is 0 Å². The molecule has 1 N–H and O–H groups in total. The van der Waals surface area contributed by atoms with Gasteiger partial charge in [-0.1, -0.05) is 36.4 Å². The SMILES string of the molecule is CC(C)OCCCNC(=O)[C@H](C)Oc1cccc2ccccc12. The molecule has 0 aromatic heterocycles. The average Bonchev–Trinajstić information content (AvgIpc) is 2.54. The van der Waals surface area contributed by atoms with Gasteiger partial charge in [0, 0.05) is 18.5 Å². The smallest absolute Gasteiger partial charge is 0.260 e. The number of hydrogen-bond donors (Lipinski definition) is 1. The Morgan fingerprint density at radius 3 is 2.61 bits per heavy atom. The molecule has 2 aromatic carbocycles. The van der Waals surface area contributed by atoms with Crippen LogP contribution in [-0.4, -0.2) is 31.3 Å². The predicted molar refractivity (Wildman–Crippen MR) is 92.8 cm³/mol. The van der Waals surface area contributed by atoms with Crippen LogP contribution in [0.2, 0.25) is 0 Å². The monoisotopic (exact) mass is 315 g/mol. The summed E-state index contributed by atoms with van der Waals surface area (Å²) in [5.41, 5.74) is 0. The highest BCUT2D eigenvalue weighted by Crippen LogP contribution is 2.25. The van der Waals surface area contributed by atoms with E-state index < -0.39 is 6.10 Å². The molecular formula is C19H25NO3. The van der Waals surface area contributed by atoms with Crippen molar-refractivity contribution in [2.24, 2.45) is 0 Å². The van der Waals surface area contributed by atoms with Gasteiger partial charge in [0.1, 0.15) is 5.75 Å². The molecule has 2 aromatic rings. The number of carbonyl (C=O) groups excluding carboxylic acids is 1. The number of fused-ring (bicyclic) bond motifs is 1. The van der Waals surface area contributed by atoms with E-state index in [2.05, 4.69) is 5.32 Å². The Bertz CT molecular complexity index is 634. The first kappa shape index (κ1) is 17.3. The van der Waals surface area contributed by atoms with Crippen LogP contribution in [0.5, 0.6) is 5.75 Å². The average molecular weight is 315 g/mol. The molecule has 1 amide bonds. The Hall–Kier alpha value is -2.07. The number of benzene rings is 2. The fourth-order valence-corrected chi connectivity index (χ4v) is 2.29. The van der Waals surface area contributed by atoms with E-state index in [1.807, 2.05) is 56.3 Å². The third-order valence-corrected chi connectivity index (χ3v) is 3.49. The zero-order valence-corrected chi connectivity index (χ0v) is 14.0. The summed E-state index contributed by atoms with van der Waals surface area (Å²) in [4.78, 5) is 12.1. The van der Waals surface area contributed by atoms with E-state index in [-0.39, 0.29) is 12.0 Å². The van der Waals surface area contributed by atoms with Gasteiger partial charge in [0.15, 0.2) is 6.10 Å². The first-order valence-corrected chi connectivity index (χ1v) is 8.11. The maximum absolute atomic E-state index is 12.1. The van der Waals surface area contributed by atoms with Crippen molar-refractivity contribution in [2.45, 2.75) is 39.4 Å². The predicted octanol–water partition coefficient (Wildman–Crippen LogP) is 3.54. The van der Waals surface area contributed by atoms with Gasteiger partial charge in [-0.2, -0.15) is 0 Å². The van der Waals surface area contributed by atoms with Gasteiger partial charge in [-0.3, -0.25) is 4.79 Å². The van der Waals surface area contributed by atoms with Crippen LogP contribution in [0.15, 0.2) is 42.5 Å². The molecule has 4 nitrogen and oxygen atoms in total. The van der Waals surface area contributed by atoms with Crippen molar-refractivity contribution in [3.05, 3.63) is 42.5 Å². The summed E-state index contributed by atoms with van der Waals surface area (Å²) in [6, 6.07) is 13.8. The van der Waals surface area contributed by atoms with E-state index in [4.69, 9.17) is 9.47 Å². The quantitative estimate of drug-likeness (QED) is 0.758. The highest BCUT2D eigenvalue weighted by atomic mass is 16.5. The number of nitrogens with one attached hydrogen (secondary N) is 1. The van der Waals surface area contributed by atoms with Crippen molar-refractivity contribution in [3.8, 4) is 5.75 Å². The van der Waals surface area contributed by atoms with Crippen LogP contribution in [0.4, 0.5) is 0 Å². The van der Waals surface area contributed by atoms with Crippen LogP contribution < -0.4 is 10.1 Å². The number of amides is 1. The van der Waals surface area contributed by atoms with Crippen molar-refractivity contribution < 1.29 is 14.3 Å². The zero-order valence-electron chi connectivity index (χ0n) is 14.0. The van der Waals surface area contributed by atoms with Crippen LogP contribution in [0, 0.1) is 0 Å². The highest BCUT2D eigenvalue weighted by Gasteiger charge is 2.15. The Labute approximate surface area is 137 Å². The molecule has 23 heavy (non-hydrogen) atoms. The number of ether oxygens (including phenoxy) is 2. The molecule has 0 bridgehead atoms. The van der Waals surface area contributed by atoms with Gasteiger partial charge >= 0.3 is 0 Å². The first-order valence-electron chi connectivity index (χ1n) is 8.11. The minimum Gasteiger partial charge on any atom is -0.480 e. The van der Waals surface area contributed by atoms with E-state index in [0.717, 1.165) is 22.9 Å². The molecule has 0 radical (unpaired) electrons. The number of carbonyl (C=O) groups is 1. The minimum atomic E-state index is -0.535. The minimum absolute atomic E-state index is 0.109. The third-order valence-electron chi connectivity index (χ3n) is 3.49. The van der Waals surface area contributed by atoms with E-state index in [0.29, 0.717) is 13.2 Å². The summed E-state index contributed by atoms with van der Waals surface area (Å²) in [5, 5.41) is 4.99. The molecule has 0 fully saturated rings. The van der Waals surface area contributed by atoms with Gasteiger partial charge < -0.3 is 14.8 Å². The Balaban J connectivity index is 1.85. The molecule has 0 aliphatic heterocycles. The third kappa shape index (κ3) is 5.25. The molecule has 0 saturated heterocycles. The zero-order chi connectivity index (χ0) is 16.7. The molecule has 124 valence electrons. The summed E-state index contributed by atoms with van der Waals surface area (Å²) in [7, 11) is 0. The van der Waals surface area contributed by atoms with Crippen molar-refractivity contribution in [1.82, 2.24) is 5.32 Å². The van der Waals surface area contributed by atoms with Gasteiger partial charge in [0.05, 0.1) is 6.10 Å². The van der Waals surface area contributed by atoms with Crippen LogP contribution in [-0.2, 0) is 9.53 Å². The summed E-state index contributed by atoms with van der Waals surface area (Å²) in [6.45, 7) is 7.00. The summed E-state index contributed by atoms with van der Waals surface area (Å²) < 4.78 is 11.3. The second-order valence-electron chi connectivity index (χ2n) is 5.80. The lowest BCUT2D eigenvalue weighted by molar-refractivity contribution is -0.127. The first-order chi connectivity index (χ1) is 11.1. The number of rotatable bonds is 8. The van der Waals surface area contributed by atoms with E-state index in [1.165, 1.54) is 0 Å². The molecule has 4 heteroatoms. The maximum atomic E-state index is 12.1. The van der Waals surface area contributed by atoms with Crippen LogP contribution in [0.25, 0.3) is 10.8 Å². The lowest BCUT2D eigenvalue weighted by atomic mass is 10.1. The standard InChI is InChI=1S/C19H25NO3/c1-14(2)22-13-7-12-20-19(21)15(3)23-18-11-6-9-16-8-4-5-10-17(16)18/h4-6,8-11,14-15H,7,12-13H2,1-3H3,(H,20,21)/t15-/m0/s1. The van der Waals surface area contributed by atoms with E-state index in [1.54, 1.807) is 6.92 Å². The lowest BCUT2D eigenvalue weighted by Gasteiger charge is -2.16. The Kier molecular flexibility index (Phi) is 6.41. The molecule has 0 spiro atoms. The van der Waals surface area contributed by atoms with Gasteiger partial charge in [-0.25, -0.2) is 0 Å². The lowest BCUT2D eigenvalue weighted by Crippen LogP contribution is -2.37. The van der Waals surface area contributed by atoms with E-state index in [9.17, 15) is 4.79 Å². The summed E-state index contributed by atoms with van der Waals surface area (Å²) >= 11 is 0. The molecular weight excluding hydrogens is 290 g/mol. The summed E-state index contributed by atoms with van der Waals surface area (Å²) in [5.74, 6) is 0.622. The van der Waals surface area contributed by atoms with E-state index >= 15 is 0 Å². The summed E-state index contributed by atoms with van der Waals surface area (Å²) in [6.07, 6.45) is 0.483. The second kappa shape index (κ2) is 8.53. The highest BCUT2D eigenvalue weighted by molar-refractivity contribution is 5.89. The molecule has 0 aliphatic carbocycles. The molecule has 0 unspecified atom stereocenters. The topological polar surface area (TPSA) is 47.6 Å². The van der Waals surface area contributed by atoms with Crippen molar-refractivity contribution in [2.75, 3.05) is 13.2 Å². The second-order valence-corrected chi connectivity index (χ2v) is 5.80. The molecule has 1 atom stereocenters. The Morgan fingerprint density at radius 1 is 1.09 bits per heavy atom. The molecule has 0 aliphatic rings. The van der Waals surface area contributed by atoms with Gasteiger partial charge in [0.25, 0.3) is 5.91 Å². The van der Waals surface area contributed by atoms with Gasteiger partial charge in [-0.15, -0.1) is 0 Å². The maximum Gasteiger partial charge on any atom is 0.260 e. The van der Waals surface area contributed by atoms with Crippen molar-refractivity contribution in [3.63, 3.8) is 0 Å². The van der Waals surface area contributed by atoms with Crippen molar-refractivity contribution in [1.29, 1.82) is 0 Å². The normalized spacial score (nSPS) is 12.3. The fourth-order valence-electron chi connectivity index (χ4n) is 2.29. The Morgan fingerprint density at radius 2 is 1.83 bits per heavy atom. The molecule has 0 heterocycles. The number of hydrogen-bond acceptors (Lipinski definition) is 3. The van der Waals surface area contributed by atoms with Crippen molar-refractivity contribution >= 4 is 16.7 Å². The fraction of sp³-hybridized carbons (Fsp3) is 0.421. The molecule has 0 saturated carbocycles. The van der Waals surface area contributed by atoms with Crippen LogP contribution >= 0.6 is 0 Å². The largest absolute Gasteiger partial charge is 0.480 e.